The minimum atomic E-state index is -4.61. The molecule has 0 saturated carbocycles. The average molecular weight is 1200 g/mol. The number of nitrogens with two attached hydrogens (primary N) is 2. The molecule has 0 aliphatic carbocycles. The summed E-state index contributed by atoms with van der Waals surface area (Å²) in [5, 5.41) is 9.18. The zero-order valence-electron chi connectivity index (χ0n) is 44.5. The summed E-state index contributed by atoms with van der Waals surface area (Å²) in [5.74, 6) is -0.290. The van der Waals surface area contributed by atoms with Crippen LogP contribution >= 0.6 is 25.7 Å². The summed E-state index contributed by atoms with van der Waals surface area (Å²) in [5.41, 5.74) is 18.3. The van der Waals surface area contributed by atoms with Crippen LogP contribution in [0.15, 0.2) is 127 Å². The number of fused-ring (bicyclic) bond motifs is 9. The zero-order valence-corrected chi connectivity index (χ0v) is 47.1. The Morgan fingerprint density at radius 1 is 0.810 bits per heavy atom. The summed E-state index contributed by atoms with van der Waals surface area (Å²) >= 11 is 0.670. The monoisotopic (exact) mass is 1200 g/mol. The van der Waals surface area contributed by atoms with Crippen molar-refractivity contribution in [1.82, 2.24) is 49.0 Å². The van der Waals surface area contributed by atoms with Gasteiger partial charge in [0.15, 0.2) is 41.6 Å². The number of halogens is 2. The summed E-state index contributed by atoms with van der Waals surface area (Å²) in [6.07, 6.45) is -9.87. The first-order valence-corrected chi connectivity index (χ1v) is 31.4. The van der Waals surface area contributed by atoms with Gasteiger partial charge in [-0.3, -0.25) is 32.5 Å². The van der Waals surface area contributed by atoms with Gasteiger partial charge in [0.2, 0.25) is 5.95 Å². The van der Waals surface area contributed by atoms with Gasteiger partial charge in [0.1, 0.15) is 53.7 Å². The summed E-state index contributed by atoms with van der Waals surface area (Å²) in [7, 11) is -1.11. The normalized spacial score (nSPS) is 26.0. The molecule has 10 atom stereocenters. The maximum absolute atomic E-state index is 17.1. The van der Waals surface area contributed by atoms with E-state index in [-0.39, 0.29) is 57.6 Å². The number of imidazole rings is 2. The van der Waals surface area contributed by atoms with Crippen molar-refractivity contribution < 1.29 is 59.7 Å². The number of aromatic amines is 1. The highest BCUT2D eigenvalue weighted by Crippen LogP contribution is 2.65. The Labute approximate surface area is 480 Å². The number of pyridine rings is 1. The van der Waals surface area contributed by atoms with Gasteiger partial charge in [-0.1, -0.05) is 59.8 Å². The number of anilines is 3. The third kappa shape index (κ3) is 10.6. The van der Waals surface area contributed by atoms with Crippen molar-refractivity contribution in [2.45, 2.75) is 68.1 Å². The molecule has 4 aliphatic rings. The number of ether oxygens (including phenoxy) is 4. The highest BCUT2D eigenvalue weighted by Gasteiger charge is 2.55. The van der Waals surface area contributed by atoms with Crippen molar-refractivity contribution in [3.05, 3.63) is 149 Å². The fourth-order valence-corrected chi connectivity index (χ4v) is 15.1. The van der Waals surface area contributed by atoms with Crippen LogP contribution in [0.1, 0.15) is 33.9 Å². The van der Waals surface area contributed by atoms with Crippen LogP contribution < -0.4 is 31.4 Å². The number of rotatable bonds is 11. The molecule has 0 bridgehead atoms. The third-order valence-corrected chi connectivity index (χ3v) is 19.5. The van der Waals surface area contributed by atoms with Crippen molar-refractivity contribution in [1.29, 1.82) is 0 Å². The highest BCUT2D eigenvalue weighted by molar-refractivity contribution is 8.54. The van der Waals surface area contributed by atoms with Crippen LogP contribution in [0.5, 0.6) is 11.5 Å². The van der Waals surface area contributed by atoms with Crippen LogP contribution in [0.2, 0.25) is 0 Å². The topological polar surface area (TPSA) is 305 Å². The summed E-state index contributed by atoms with van der Waals surface area (Å²) in [6, 6.07) is 30.7. The molecule has 0 spiro atoms. The number of carbonyl (C=O) groups is 1. The number of benzene rings is 4. The zero-order chi connectivity index (χ0) is 58.0. The predicted molar refractivity (Wildman–Crippen MR) is 305 cm³/mol. The summed E-state index contributed by atoms with van der Waals surface area (Å²) in [4.78, 5) is 47.3. The number of aromatic nitrogens is 10. The number of hydrogen-bond acceptors (Lipinski definition) is 22. The van der Waals surface area contributed by atoms with E-state index < -0.39 is 88.2 Å². The Balaban J connectivity index is 0.694. The molecule has 4 aliphatic heterocycles. The van der Waals surface area contributed by atoms with Gasteiger partial charge in [-0.15, -0.1) is 5.10 Å². The van der Waals surface area contributed by atoms with E-state index in [1.165, 1.54) is 35.3 Å². The molecule has 0 radical (unpaired) electrons. The number of hydrogen-bond donors (Lipinski definition) is 3. The van der Waals surface area contributed by atoms with Crippen molar-refractivity contribution in [2.75, 3.05) is 43.2 Å². The number of nitrogens with zero attached hydrogens (tertiary/aromatic N) is 10. The van der Waals surface area contributed by atoms with Crippen LogP contribution in [0.4, 0.5) is 26.1 Å². The van der Waals surface area contributed by atoms with Gasteiger partial charge in [-0.05, 0) is 71.0 Å². The van der Waals surface area contributed by atoms with Gasteiger partial charge in [-0.2, -0.15) is 4.98 Å². The van der Waals surface area contributed by atoms with Crippen molar-refractivity contribution in [3.8, 4) is 34.0 Å². The lowest BCUT2D eigenvalue weighted by molar-refractivity contribution is -0.0546. The number of esters is 1. The van der Waals surface area contributed by atoms with Crippen LogP contribution in [-0.2, 0) is 55.5 Å². The molecule has 3 fully saturated rings. The lowest BCUT2D eigenvalue weighted by atomic mass is 9.96. The number of para-hydroxylation sites is 1. The van der Waals surface area contributed by atoms with Gasteiger partial charge in [0.05, 0.1) is 49.4 Å². The van der Waals surface area contributed by atoms with Gasteiger partial charge in [0.25, 0.3) is 20.6 Å². The molecule has 9 heterocycles. The van der Waals surface area contributed by atoms with E-state index in [0.29, 0.717) is 35.8 Å². The SMILES string of the molecule is B[P@@]1(=O)OC[C@H]2O[C@@H](n3cnc4c(N)ccnc43)[C@H](F)[C@@H]2O[P@@](=O)(SCc2ccc(OC(=O)c3ccc(OCCn4nnc5c4-c4ccccc4N(C)Cc4ccccc4-5)cc3)cc2)OC[C@H]2O[C@@H](n3cnc4c(=O)[nH]c(N)nc43)[C@H](F)[C@@H]2O1. The smallest absolute Gasteiger partial charge is 0.389 e. The molecule has 5 N–H and O–H groups in total. The molecule has 0 amide bonds. The second kappa shape index (κ2) is 22.3. The van der Waals surface area contributed by atoms with E-state index in [9.17, 15) is 14.2 Å². The molecule has 5 aromatic heterocycles. The molecule has 31 heteroatoms. The van der Waals surface area contributed by atoms with Gasteiger partial charge < -0.3 is 44.4 Å². The summed E-state index contributed by atoms with van der Waals surface area (Å²) < 4.78 is 115. The lowest BCUT2D eigenvalue weighted by Gasteiger charge is -2.30. The standard InChI is InChI=1S/C53H50BF2N13O12P2S/c1-66-22-30-6-2-3-7-33(30)41-44(34-8-4-5-9-36(34)66)69(65-64-41)20-21-74-31-16-12-29(13-17-31)52(71)77-32-14-10-28(11-15-32)25-84-83(73)76-24-38-45(39(55)51(79-38)68-27-61-43-48(68)62-53(58)63-49(43)70)80-82(54,72)75-23-37-46(81-83)40(56)50(78-37)67-26-60-42-35(57)18-19-59-47(42)67/h2-19,26-27,37-40,45-46,50-51H,20-25,54H2,1H3,(H2,57,59)(H3,58,62,63,70)/t37-,38-,39-,40-,45-,46-,50-,51-,82-,83+/m1/s1. The van der Waals surface area contributed by atoms with Gasteiger partial charge in [-0.25, -0.2) is 37.8 Å². The molecule has 13 rings (SSSR count). The Morgan fingerprint density at radius 2 is 1.48 bits per heavy atom. The molecule has 3 saturated heterocycles. The van der Waals surface area contributed by atoms with E-state index in [0.717, 1.165) is 52.2 Å². The van der Waals surface area contributed by atoms with E-state index in [1.54, 1.807) is 36.4 Å². The fraction of sp³-hybridized carbons (Fsp3) is 0.283. The largest absolute Gasteiger partial charge is 0.492 e. The molecular formula is C53H50BF2N13O12P2S. The number of carbonyl (C=O) groups excluding carboxylic acids is 1. The van der Waals surface area contributed by atoms with Crippen LogP contribution in [-0.4, -0.2) is 126 Å². The van der Waals surface area contributed by atoms with Crippen molar-refractivity contribution in [3.63, 3.8) is 0 Å². The van der Waals surface area contributed by atoms with E-state index >= 15 is 13.3 Å². The predicted octanol–water partition coefficient (Wildman–Crippen LogP) is 6.97. The first-order chi connectivity index (χ1) is 40.6. The summed E-state index contributed by atoms with van der Waals surface area (Å²) in [6.45, 7) is -4.62. The second-order valence-electron chi connectivity index (χ2n) is 20.2. The first-order valence-electron chi connectivity index (χ1n) is 26.3. The van der Waals surface area contributed by atoms with Gasteiger partial charge in [0, 0.05) is 42.4 Å². The maximum atomic E-state index is 17.1. The third-order valence-electron chi connectivity index (χ3n) is 14.6. The molecule has 25 nitrogen and oxygen atoms in total. The number of nitrogens with one attached hydrogen (secondary N) is 1. The van der Waals surface area contributed by atoms with Crippen LogP contribution in [0.25, 0.3) is 44.8 Å². The Kier molecular flexibility index (Phi) is 14.7. The van der Waals surface area contributed by atoms with Crippen LogP contribution in [0, 0.1) is 0 Å². The lowest BCUT2D eigenvalue weighted by Crippen LogP contribution is -2.37. The molecule has 0 unspecified atom stereocenters. The minimum absolute atomic E-state index is 0.0813. The van der Waals surface area contributed by atoms with Crippen molar-refractivity contribution >= 4 is 78.8 Å². The first kappa shape index (κ1) is 55.4. The molecular weight excluding hydrogens is 1150 g/mol. The molecule has 84 heavy (non-hydrogen) atoms. The molecule has 9 aromatic rings. The van der Waals surface area contributed by atoms with Gasteiger partial charge >= 0.3 is 12.8 Å². The van der Waals surface area contributed by atoms with E-state index in [4.69, 9.17) is 48.5 Å². The van der Waals surface area contributed by atoms with Crippen molar-refractivity contribution in [2.24, 2.45) is 0 Å². The number of nitrogen functional groups attached to an aromatic ring is 2. The Bertz CT molecular complexity index is 4150. The molecule has 432 valence electrons. The second-order valence-corrected chi connectivity index (χ2v) is 26.2. The van der Waals surface area contributed by atoms with Crippen LogP contribution in [0.3, 0.4) is 0 Å². The highest BCUT2D eigenvalue weighted by atomic mass is 32.7. The number of alkyl halides is 2. The van der Waals surface area contributed by atoms with E-state index in [1.807, 2.05) is 28.9 Å². The maximum Gasteiger partial charge on any atom is 0.389 e. The quantitative estimate of drug-likeness (QED) is 0.0509. The van der Waals surface area contributed by atoms with E-state index in [2.05, 4.69) is 71.4 Å². The molecule has 4 aromatic carbocycles. The Morgan fingerprint density at radius 3 is 2.24 bits per heavy atom. The Hall–Kier alpha value is -7.85. The average Bonchev–Trinajstić information content (AvgIpc) is 4.18. The number of H-pyrrole nitrogens is 1. The minimum Gasteiger partial charge on any atom is -0.492 e. The fourth-order valence-electron chi connectivity index (χ4n) is 10.6.